The van der Waals surface area contributed by atoms with E-state index in [4.69, 9.17) is 4.74 Å². The average Bonchev–Trinajstić information content (AvgIpc) is 2.74. The molecule has 0 atom stereocenters. The molecule has 1 saturated heterocycles. The van der Waals surface area contributed by atoms with Gasteiger partial charge in [-0.3, -0.25) is 14.5 Å². The second-order valence-corrected chi connectivity index (χ2v) is 7.24. The van der Waals surface area contributed by atoms with Crippen LogP contribution in [0.25, 0.3) is 0 Å². The maximum Gasteiger partial charge on any atom is 0.418 e. The van der Waals surface area contributed by atoms with Gasteiger partial charge in [0.15, 0.2) is 0 Å². The van der Waals surface area contributed by atoms with Crippen molar-refractivity contribution in [2.75, 3.05) is 45.2 Å². The summed E-state index contributed by atoms with van der Waals surface area (Å²) in [7, 11) is 1.56. The molecule has 2 amide bonds. The molecular weight excluding hydrogens is 411 g/mol. The van der Waals surface area contributed by atoms with Crippen LogP contribution < -0.4 is 10.1 Å². The van der Waals surface area contributed by atoms with Crippen LogP contribution in [-0.4, -0.2) is 61.4 Å². The van der Waals surface area contributed by atoms with Crippen molar-refractivity contribution in [1.82, 2.24) is 9.80 Å². The van der Waals surface area contributed by atoms with Gasteiger partial charge < -0.3 is 15.0 Å². The van der Waals surface area contributed by atoms with Crippen LogP contribution in [0, 0.1) is 0 Å². The van der Waals surface area contributed by atoms with Gasteiger partial charge in [0.2, 0.25) is 11.8 Å². The number of alkyl halides is 3. The molecule has 6 nitrogen and oxygen atoms in total. The average molecular weight is 435 g/mol. The highest BCUT2D eigenvalue weighted by Crippen LogP contribution is 2.34. The van der Waals surface area contributed by atoms with Gasteiger partial charge in [0, 0.05) is 31.7 Å². The highest BCUT2D eigenvalue weighted by Gasteiger charge is 2.33. The fourth-order valence-corrected chi connectivity index (χ4v) is 3.51. The number of carbonyl (C=O) groups excluding carboxylic acids is 2. The van der Waals surface area contributed by atoms with E-state index in [1.807, 2.05) is 23.1 Å². The molecule has 166 valence electrons. The zero-order chi connectivity index (χ0) is 22.4. The van der Waals surface area contributed by atoms with Gasteiger partial charge in [0.05, 0.1) is 31.3 Å². The van der Waals surface area contributed by atoms with E-state index >= 15 is 0 Å². The van der Waals surface area contributed by atoms with Crippen molar-refractivity contribution in [1.29, 1.82) is 0 Å². The summed E-state index contributed by atoms with van der Waals surface area (Å²) in [5, 5.41) is 2.35. The Morgan fingerprint density at radius 1 is 1.00 bits per heavy atom. The molecule has 0 saturated carbocycles. The second-order valence-electron chi connectivity index (χ2n) is 7.24. The number of nitrogens with zero attached hydrogens (tertiary/aromatic N) is 2. The maximum atomic E-state index is 13.1. The first kappa shape index (κ1) is 22.6. The first-order valence-corrected chi connectivity index (χ1v) is 9.86. The van der Waals surface area contributed by atoms with E-state index < -0.39 is 17.6 Å². The Labute approximate surface area is 178 Å². The van der Waals surface area contributed by atoms with Crippen LogP contribution in [0.2, 0.25) is 0 Å². The van der Waals surface area contributed by atoms with Crippen LogP contribution in [0.5, 0.6) is 5.75 Å². The molecule has 0 bridgehead atoms. The number of halogens is 3. The van der Waals surface area contributed by atoms with E-state index in [-0.39, 0.29) is 24.6 Å². The number of ether oxygens (including phenoxy) is 1. The number of methoxy groups -OCH3 is 1. The Kier molecular flexibility index (Phi) is 7.17. The molecule has 0 radical (unpaired) electrons. The summed E-state index contributed by atoms with van der Waals surface area (Å²) in [5.74, 6) is 0.100. The lowest BCUT2D eigenvalue weighted by atomic mass is 10.1. The number of benzene rings is 2. The van der Waals surface area contributed by atoms with E-state index in [9.17, 15) is 22.8 Å². The zero-order valence-electron chi connectivity index (χ0n) is 17.1. The summed E-state index contributed by atoms with van der Waals surface area (Å²) in [6.45, 7) is 1.78. The highest BCUT2D eigenvalue weighted by atomic mass is 19.4. The lowest BCUT2D eigenvalue weighted by Crippen LogP contribution is -2.50. The minimum atomic E-state index is -4.54. The molecule has 0 aromatic heterocycles. The molecule has 2 aromatic rings. The summed E-state index contributed by atoms with van der Waals surface area (Å²) < 4.78 is 44.5. The molecule has 9 heteroatoms. The fourth-order valence-electron chi connectivity index (χ4n) is 3.51. The van der Waals surface area contributed by atoms with Crippen molar-refractivity contribution in [3.8, 4) is 5.75 Å². The predicted octanol–water partition coefficient (Wildman–Crippen LogP) is 3.04. The van der Waals surface area contributed by atoms with Gasteiger partial charge in [0.25, 0.3) is 0 Å². The summed E-state index contributed by atoms with van der Waals surface area (Å²) in [4.78, 5) is 28.4. The van der Waals surface area contributed by atoms with Crippen molar-refractivity contribution < 1.29 is 27.5 Å². The summed E-state index contributed by atoms with van der Waals surface area (Å²) in [5.41, 5.74) is -0.333. The van der Waals surface area contributed by atoms with Crippen molar-refractivity contribution in [2.45, 2.75) is 12.6 Å². The van der Waals surface area contributed by atoms with Gasteiger partial charge in [-0.25, -0.2) is 0 Å². The van der Waals surface area contributed by atoms with E-state index in [1.54, 1.807) is 18.1 Å². The monoisotopic (exact) mass is 435 g/mol. The number of rotatable bonds is 6. The standard InChI is InChI=1S/C22H24F3N3O3/c1-31-19-9-5-2-6-16(19)14-21(30)28-12-10-27(11-13-28)15-20(29)26-18-8-4-3-7-17(18)22(23,24)25/h2-9H,10-15H2,1H3,(H,26,29). The second kappa shape index (κ2) is 9.82. The number of carbonyl (C=O) groups is 2. The quantitative estimate of drug-likeness (QED) is 0.758. The Balaban J connectivity index is 1.50. The van der Waals surface area contributed by atoms with Crippen LogP contribution in [0.3, 0.4) is 0 Å². The Hall–Kier alpha value is -3.07. The molecule has 3 rings (SSSR count). The number of hydrogen-bond donors (Lipinski definition) is 1. The van der Waals surface area contributed by atoms with E-state index in [2.05, 4.69) is 5.32 Å². The number of anilines is 1. The van der Waals surface area contributed by atoms with Gasteiger partial charge in [-0.15, -0.1) is 0 Å². The third-order valence-electron chi connectivity index (χ3n) is 5.13. The number of nitrogens with one attached hydrogen (secondary N) is 1. The number of piperazine rings is 1. The largest absolute Gasteiger partial charge is 0.496 e. The normalized spacial score (nSPS) is 14.9. The van der Waals surface area contributed by atoms with Crippen LogP contribution >= 0.6 is 0 Å². The smallest absolute Gasteiger partial charge is 0.418 e. The molecule has 0 aliphatic carbocycles. The van der Waals surface area contributed by atoms with Gasteiger partial charge in [-0.1, -0.05) is 30.3 Å². The highest BCUT2D eigenvalue weighted by molar-refractivity contribution is 5.93. The van der Waals surface area contributed by atoms with Gasteiger partial charge in [-0.2, -0.15) is 13.2 Å². The summed E-state index contributed by atoms with van der Waals surface area (Å²) in [6, 6.07) is 12.2. The zero-order valence-corrected chi connectivity index (χ0v) is 17.1. The predicted molar refractivity (Wildman–Crippen MR) is 110 cm³/mol. The molecule has 1 aliphatic rings. The first-order valence-electron chi connectivity index (χ1n) is 9.86. The van der Waals surface area contributed by atoms with Crippen molar-refractivity contribution in [2.24, 2.45) is 0 Å². The minimum absolute atomic E-state index is 0.0345. The molecule has 0 unspecified atom stereocenters. The fraction of sp³-hybridized carbons (Fsp3) is 0.364. The maximum absolute atomic E-state index is 13.1. The van der Waals surface area contributed by atoms with Crippen LogP contribution in [0.4, 0.5) is 18.9 Å². The molecule has 1 aliphatic heterocycles. The van der Waals surface area contributed by atoms with Gasteiger partial charge in [-0.05, 0) is 18.2 Å². The first-order chi connectivity index (χ1) is 14.8. The molecule has 0 spiro atoms. The Bertz CT molecular complexity index is 925. The summed E-state index contributed by atoms with van der Waals surface area (Å²) >= 11 is 0. The topological polar surface area (TPSA) is 61.9 Å². The van der Waals surface area contributed by atoms with Crippen LogP contribution in [0.15, 0.2) is 48.5 Å². The molecule has 2 aromatic carbocycles. The Morgan fingerprint density at radius 3 is 2.32 bits per heavy atom. The van der Waals surface area contributed by atoms with Crippen molar-refractivity contribution in [3.05, 3.63) is 59.7 Å². The van der Waals surface area contributed by atoms with Crippen LogP contribution in [0.1, 0.15) is 11.1 Å². The molecule has 1 heterocycles. The van der Waals surface area contributed by atoms with Crippen LogP contribution in [-0.2, 0) is 22.2 Å². The van der Waals surface area contributed by atoms with E-state index in [1.165, 1.54) is 18.2 Å². The molecular formula is C22H24F3N3O3. The molecule has 1 N–H and O–H groups in total. The SMILES string of the molecule is COc1ccccc1CC(=O)N1CCN(CC(=O)Nc2ccccc2C(F)(F)F)CC1. The Morgan fingerprint density at radius 2 is 1.65 bits per heavy atom. The van der Waals surface area contributed by atoms with Crippen molar-refractivity contribution >= 4 is 17.5 Å². The summed E-state index contributed by atoms with van der Waals surface area (Å²) in [6.07, 6.45) is -4.32. The van der Waals surface area contributed by atoms with Gasteiger partial charge >= 0.3 is 6.18 Å². The number of hydrogen-bond acceptors (Lipinski definition) is 4. The minimum Gasteiger partial charge on any atom is -0.496 e. The number of para-hydroxylation sites is 2. The van der Waals surface area contributed by atoms with Gasteiger partial charge in [0.1, 0.15) is 5.75 Å². The van der Waals surface area contributed by atoms with E-state index in [0.717, 1.165) is 11.6 Å². The third-order valence-corrected chi connectivity index (χ3v) is 5.13. The lowest BCUT2D eigenvalue weighted by Gasteiger charge is -2.34. The number of amides is 2. The molecule has 31 heavy (non-hydrogen) atoms. The van der Waals surface area contributed by atoms with E-state index in [0.29, 0.717) is 31.9 Å². The lowest BCUT2D eigenvalue weighted by molar-refractivity contribution is -0.137. The molecule has 1 fully saturated rings. The van der Waals surface area contributed by atoms with Crippen molar-refractivity contribution in [3.63, 3.8) is 0 Å². The third kappa shape index (κ3) is 5.97.